The van der Waals surface area contributed by atoms with Gasteiger partial charge in [-0.1, -0.05) is 0 Å². The SMILES string of the molecule is CCN(CC1CCCO1)C(N)=O. The minimum Gasteiger partial charge on any atom is -0.376 e. The van der Waals surface area contributed by atoms with Gasteiger partial charge in [-0.3, -0.25) is 0 Å². The number of amides is 2. The number of hydrogen-bond donors (Lipinski definition) is 1. The van der Waals surface area contributed by atoms with Crippen LogP contribution in [0.2, 0.25) is 0 Å². The molecule has 1 fully saturated rings. The first-order chi connectivity index (χ1) is 5.74. The van der Waals surface area contributed by atoms with Crippen molar-refractivity contribution in [3.63, 3.8) is 0 Å². The van der Waals surface area contributed by atoms with E-state index in [-0.39, 0.29) is 12.1 Å². The first-order valence-electron chi connectivity index (χ1n) is 4.40. The van der Waals surface area contributed by atoms with E-state index in [2.05, 4.69) is 0 Å². The van der Waals surface area contributed by atoms with Crippen molar-refractivity contribution in [2.75, 3.05) is 19.7 Å². The predicted octanol–water partition coefficient (Wildman–Crippen LogP) is 0.566. The number of ether oxygens (including phenoxy) is 1. The van der Waals surface area contributed by atoms with Crippen LogP contribution in [0.5, 0.6) is 0 Å². The Hall–Kier alpha value is -0.770. The van der Waals surface area contributed by atoms with Gasteiger partial charge in [0.2, 0.25) is 0 Å². The summed E-state index contributed by atoms with van der Waals surface area (Å²) in [5, 5.41) is 0. The number of carbonyl (C=O) groups excluding carboxylic acids is 1. The molecule has 1 rings (SSSR count). The van der Waals surface area contributed by atoms with Gasteiger partial charge < -0.3 is 15.4 Å². The third kappa shape index (κ3) is 2.37. The Balaban J connectivity index is 2.30. The zero-order valence-corrected chi connectivity index (χ0v) is 7.45. The number of hydrogen-bond acceptors (Lipinski definition) is 2. The molecular weight excluding hydrogens is 156 g/mol. The van der Waals surface area contributed by atoms with Crippen molar-refractivity contribution in [3.05, 3.63) is 0 Å². The summed E-state index contributed by atoms with van der Waals surface area (Å²) >= 11 is 0. The zero-order chi connectivity index (χ0) is 8.97. The first kappa shape index (κ1) is 9.32. The summed E-state index contributed by atoms with van der Waals surface area (Å²) in [6.07, 6.45) is 2.35. The number of rotatable bonds is 3. The Morgan fingerprint density at radius 3 is 2.92 bits per heavy atom. The molecule has 1 aliphatic rings. The second kappa shape index (κ2) is 4.30. The third-order valence-electron chi connectivity index (χ3n) is 2.14. The molecule has 2 amide bonds. The highest BCUT2D eigenvalue weighted by Crippen LogP contribution is 2.12. The highest BCUT2D eigenvalue weighted by Gasteiger charge is 2.19. The molecule has 0 aromatic rings. The molecule has 4 nitrogen and oxygen atoms in total. The van der Waals surface area contributed by atoms with Crippen LogP contribution in [0.1, 0.15) is 19.8 Å². The number of likely N-dealkylation sites (N-methyl/N-ethyl adjacent to an activating group) is 1. The van der Waals surface area contributed by atoms with Gasteiger partial charge in [0.05, 0.1) is 6.10 Å². The van der Waals surface area contributed by atoms with Gasteiger partial charge in [0.1, 0.15) is 0 Å². The fourth-order valence-electron chi connectivity index (χ4n) is 1.41. The monoisotopic (exact) mass is 172 g/mol. The van der Waals surface area contributed by atoms with Crippen molar-refractivity contribution in [2.24, 2.45) is 5.73 Å². The Morgan fingerprint density at radius 2 is 2.50 bits per heavy atom. The fraction of sp³-hybridized carbons (Fsp3) is 0.875. The Morgan fingerprint density at radius 1 is 1.75 bits per heavy atom. The largest absolute Gasteiger partial charge is 0.376 e. The molecule has 0 bridgehead atoms. The molecule has 1 atom stereocenters. The highest BCUT2D eigenvalue weighted by molar-refractivity contribution is 5.71. The topological polar surface area (TPSA) is 55.6 Å². The highest BCUT2D eigenvalue weighted by atomic mass is 16.5. The lowest BCUT2D eigenvalue weighted by molar-refractivity contribution is 0.0842. The van der Waals surface area contributed by atoms with Gasteiger partial charge >= 0.3 is 6.03 Å². The average molecular weight is 172 g/mol. The van der Waals surface area contributed by atoms with Gasteiger partial charge in [0, 0.05) is 19.7 Å². The van der Waals surface area contributed by atoms with Crippen LogP contribution in [0.15, 0.2) is 0 Å². The second-order valence-electron chi connectivity index (χ2n) is 3.01. The molecule has 0 aromatic carbocycles. The summed E-state index contributed by atoms with van der Waals surface area (Å²) in [5.41, 5.74) is 5.16. The maximum absolute atomic E-state index is 10.8. The molecule has 1 heterocycles. The molecule has 0 aromatic heterocycles. The number of nitrogens with zero attached hydrogens (tertiary/aromatic N) is 1. The lowest BCUT2D eigenvalue weighted by Gasteiger charge is -2.21. The molecule has 1 saturated heterocycles. The summed E-state index contributed by atoms with van der Waals surface area (Å²) in [6.45, 7) is 4.04. The molecule has 0 radical (unpaired) electrons. The van der Waals surface area contributed by atoms with Crippen molar-refractivity contribution < 1.29 is 9.53 Å². The Bertz CT molecular complexity index is 155. The first-order valence-corrected chi connectivity index (χ1v) is 4.40. The zero-order valence-electron chi connectivity index (χ0n) is 7.45. The van der Waals surface area contributed by atoms with E-state index in [1.54, 1.807) is 4.90 Å². The van der Waals surface area contributed by atoms with Gasteiger partial charge in [-0.15, -0.1) is 0 Å². The second-order valence-corrected chi connectivity index (χ2v) is 3.01. The van der Waals surface area contributed by atoms with Crippen LogP contribution < -0.4 is 5.73 Å². The molecule has 0 saturated carbocycles. The third-order valence-corrected chi connectivity index (χ3v) is 2.14. The summed E-state index contributed by atoms with van der Waals surface area (Å²) < 4.78 is 5.39. The van der Waals surface area contributed by atoms with Crippen LogP contribution >= 0.6 is 0 Å². The molecule has 70 valence electrons. The number of primary amides is 1. The predicted molar refractivity (Wildman–Crippen MR) is 45.8 cm³/mol. The number of nitrogens with two attached hydrogens (primary N) is 1. The van der Waals surface area contributed by atoms with Crippen LogP contribution in [0.25, 0.3) is 0 Å². The molecule has 2 N–H and O–H groups in total. The van der Waals surface area contributed by atoms with Gasteiger partial charge in [0.15, 0.2) is 0 Å². The van der Waals surface area contributed by atoms with E-state index in [0.717, 1.165) is 19.4 Å². The minimum absolute atomic E-state index is 0.206. The van der Waals surface area contributed by atoms with Crippen molar-refractivity contribution in [1.29, 1.82) is 0 Å². The normalized spacial score (nSPS) is 22.6. The Kier molecular flexibility index (Phi) is 3.34. The summed E-state index contributed by atoms with van der Waals surface area (Å²) in [5.74, 6) is 0. The molecule has 0 spiro atoms. The molecule has 12 heavy (non-hydrogen) atoms. The van der Waals surface area contributed by atoms with Crippen LogP contribution in [0.4, 0.5) is 4.79 Å². The molecular formula is C8H16N2O2. The fourth-order valence-corrected chi connectivity index (χ4v) is 1.41. The van der Waals surface area contributed by atoms with Gasteiger partial charge in [0.25, 0.3) is 0 Å². The van der Waals surface area contributed by atoms with E-state index in [0.29, 0.717) is 13.1 Å². The van der Waals surface area contributed by atoms with E-state index in [9.17, 15) is 4.79 Å². The van der Waals surface area contributed by atoms with Crippen LogP contribution in [-0.2, 0) is 4.74 Å². The average Bonchev–Trinajstić information content (AvgIpc) is 2.51. The minimum atomic E-state index is -0.354. The molecule has 1 aliphatic heterocycles. The van der Waals surface area contributed by atoms with Crippen LogP contribution in [0, 0.1) is 0 Å². The molecule has 1 unspecified atom stereocenters. The summed E-state index contributed by atoms with van der Waals surface area (Å²) in [4.78, 5) is 12.4. The van der Waals surface area contributed by atoms with Gasteiger partial charge in [-0.25, -0.2) is 4.79 Å². The van der Waals surface area contributed by atoms with Crippen molar-refractivity contribution >= 4 is 6.03 Å². The van der Waals surface area contributed by atoms with Crippen LogP contribution in [0.3, 0.4) is 0 Å². The molecule has 0 aliphatic carbocycles. The van der Waals surface area contributed by atoms with E-state index in [1.807, 2.05) is 6.92 Å². The lowest BCUT2D eigenvalue weighted by Crippen LogP contribution is -2.40. The quantitative estimate of drug-likeness (QED) is 0.676. The summed E-state index contributed by atoms with van der Waals surface area (Å²) in [6, 6.07) is -0.354. The molecule has 4 heteroatoms. The van der Waals surface area contributed by atoms with Crippen molar-refractivity contribution in [1.82, 2.24) is 4.90 Å². The van der Waals surface area contributed by atoms with Gasteiger partial charge in [-0.05, 0) is 19.8 Å². The van der Waals surface area contributed by atoms with E-state index in [1.165, 1.54) is 0 Å². The lowest BCUT2D eigenvalue weighted by atomic mass is 10.2. The van der Waals surface area contributed by atoms with Gasteiger partial charge in [-0.2, -0.15) is 0 Å². The Labute approximate surface area is 72.7 Å². The number of urea groups is 1. The standard InChI is InChI=1S/C8H16N2O2/c1-2-10(8(9)11)6-7-4-3-5-12-7/h7H,2-6H2,1H3,(H2,9,11). The maximum atomic E-state index is 10.8. The van der Waals surface area contributed by atoms with E-state index in [4.69, 9.17) is 10.5 Å². The number of carbonyl (C=O) groups is 1. The smallest absolute Gasteiger partial charge is 0.314 e. The van der Waals surface area contributed by atoms with Crippen molar-refractivity contribution in [2.45, 2.75) is 25.9 Å². The maximum Gasteiger partial charge on any atom is 0.314 e. The van der Waals surface area contributed by atoms with Crippen molar-refractivity contribution in [3.8, 4) is 0 Å². The van der Waals surface area contributed by atoms with E-state index < -0.39 is 0 Å². The van der Waals surface area contributed by atoms with Crippen LogP contribution in [-0.4, -0.2) is 36.7 Å². The summed E-state index contributed by atoms with van der Waals surface area (Å²) in [7, 11) is 0. The van der Waals surface area contributed by atoms with E-state index >= 15 is 0 Å².